The minimum absolute atomic E-state index is 0.0440. The molecule has 0 radical (unpaired) electrons. The maximum absolute atomic E-state index is 13.3. The molecule has 2 bridgehead atoms. The number of fused-ring (bicyclic) bond motifs is 2. The Labute approximate surface area is 157 Å². The molecule has 0 aliphatic carbocycles. The summed E-state index contributed by atoms with van der Waals surface area (Å²) in [6.07, 6.45) is 7.62. The lowest BCUT2D eigenvalue weighted by molar-refractivity contribution is -0.140. The third-order valence-corrected chi connectivity index (χ3v) is 6.27. The van der Waals surface area contributed by atoms with Gasteiger partial charge in [0.2, 0.25) is 11.8 Å². The minimum Gasteiger partial charge on any atom is -0.336 e. The molecule has 2 amide bonds. The predicted octanol–water partition coefficient (Wildman–Crippen LogP) is 2.03. The summed E-state index contributed by atoms with van der Waals surface area (Å²) in [5, 5.41) is 8.58. The summed E-state index contributed by atoms with van der Waals surface area (Å²) in [6, 6.07) is 10.4. The smallest absolute Gasteiger partial charge is 0.228 e. The first kappa shape index (κ1) is 16.5. The van der Waals surface area contributed by atoms with Crippen molar-refractivity contribution < 1.29 is 9.59 Å². The van der Waals surface area contributed by atoms with Gasteiger partial charge in [0.1, 0.15) is 0 Å². The Morgan fingerprint density at radius 1 is 0.963 bits per heavy atom. The Kier molecular flexibility index (Phi) is 3.95. The molecule has 5 rings (SSSR count). The van der Waals surface area contributed by atoms with E-state index in [1.165, 1.54) is 0 Å². The van der Waals surface area contributed by atoms with Gasteiger partial charge in [-0.1, -0.05) is 18.2 Å². The van der Waals surface area contributed by atoms with Gasteiger partial charge in [0.05, 0.1) is 24.4 Å². The van der Waals surface area contributed by atoms with Crippen LogP contribution in [0.5, 0.6) is 0 Å². The lowest BCUT2D eigenvalue weighted by Gasteiger charge is -2.39. The highest BCUT2D eigenvalue weighted by atomic mass is 16.2. The van der Waals surface area contributed by atoms with E-state index in [4.69, 9.17) is 0 Å². The maximum atomic E-state index is 13.3. The number of anilines is 1. The molecule has 27 heavy (non-hydrogen) atoms. The van der Waals surface area contributed by atoms with Gasteiger partial charge < -0.3 is 9.80 Å². The largest absolute Gasteiger partial charge is 0.336 e. The summed E-state index contributed by atoms with van der Waals surface area (Å²) >= 11 is 0. The molecule has 3 unspecified atom stereocenters. The van der Waals surface area contributed by atoms with Crippen molar-refractivity contribution in [1.82, 2.24) is 19.9 Å². The SMILES string of the molecule is O=C1CC(C(=O)N2C3CCC2CC(n2nccn2)C3)CN1c1ccccc1. The zero-order valence-electron chi connectivity index (χ0n) is 15.1. The van der Waals surface area contributed by atoms with Crippen molar-refractivity contribution in [2.24, 2.45) is 5.92 Å². The van der Waals surface area contributed by atoms with Gasteiger partial charge in [-0.3, -0.25) is 9.59 Å². The molecule has 3 saturated heterocycles. The number of hydrogen-bond donors (Lipinski definition) is 0. The fourth-order valence-corrected chi connectivity index (χ4v) is 5.05. The number of aromatic nitrogens is 3. The van der Waals surface area contributed by atoms with E-state index in [0.29, 0.717) is 13.0 Å². The van der Waals surface area contributed by atoms with Crippen molar-refractivity contribution in [3.8, 4) is 0 Å². The zero-order chi connectivity index (χ0) is 18.4. The van der Waals surface area contributed by atoms with Crippen molar-refractivity contribution in [3.05, 3.63) is 42.7 Å². The molecule has 3 aliphatic heterocycles. The first-order chi connectivity index (χ1) is 13.2. The van der Waals surface area contributed by atoms with E-state index in [1.54, 1.807) is 22.1 Å². The first-order valence-electron chi connectivity index (χ1n) is 9.74. The summed E-state index contributed by atoms with van der Waals surface area (Å²) < 4.78 is 0. The van der Waals surface area contributed by atoms with Crippen LogP contribution in [-0.4, -0.2) is 50.3 Å². The highest BCUT2D eigenvalue weighted by molar-refractivity contribution is 6.00. The van der Waals surface area contributed by atoms with Crippen LogP contribution in [0.3, 0.4) is 0 Å². The van der Waals surface area contributed by atoms with Crippen LogP contribution in [0.25, 0.3) is 0 Å². The predicted molar refractivity (Wildman–Crippen MR) is 98.9 cm³/mol. The van der Waals surface area contributed by atoms with Gasteiger partial charge in [-0.05, 0) is 37.8 Å². The Morgan fingerprint density at radius 3 is 2.30 bits per heavy atom. The molecule has 1 aromatic carbocycles. The summed E-state index contributed by atoms with van der Waals surface area (Å²) in [7, 11) is 0. The van der Waals surface area contributed by atoms with E-state index < -0.39 is 0 Å². The number of carbonyl (C=O) groups excluding carboxylic acids is 2. The van der Waals surface area contributed by atoms with Crippen molar-refractivity contribution in [3.63, 3.8) is 0 Å². The minimum atomic E-state index is -0.236. The summed E-state index contributed by atoms with van der Waals surface area (Å²) in [4.78, 5) is 31.4. The summed E-state index contributed by atoms with van der Waals surface area (Å²) in [5.41, 5.74) is 0.879. The Bertz CT molecular complexity index is 823. The number of hydrogen-bond acceptors (Lipinski definition) is 4. The topological polar surface area (TPSA) is 71.3 Å². The molecule has 140 valence electrons. The Hall–Kier alpha value is -2.70. The number of carbonyl (C=O) groups is 2. The molecular formula is C20H23N5O2. The first-order valence-corrected chi connectivity index (χ1v) is 9.74. The number of benzene rings is 1. The van der Waals surface area contributed by atoms with Crippen LogP contribution >= 0.6 is 0 Å². The van der Waals surface area contributed by atoms with Gasteiger partial charge in [0, 0.05) is 30.7 Å². The van der Waals surface area contributed by atoms with E-state index in [0.717, 1.165) is 31.4 Å². The molecule has 7 nitrogen and oxygen atoms in total. The molecule has 0 spiro atoms. The maximum Gasteiger partial charge on any atom is 0.228 e. The number of amides is 2. The molecule has 3 atom stereocenters. The van der Waals surface area contributed by atoms with Crippen LogP contribution in [0.2, 0.25) is 0 Å². The van der Waals surface area contributed by atoms with Crippen molar-refractivity contribution in [2.75, 3.05) is 11.4 Å². The van der Waals surface area contributed by atoms with Crippen LogP contribution in [0.15, 0.2) is 42.7 Å². The molecule has 0 saturated carbocycles. The third-order valence-electron chi connectivity index (χ3n) is 6.27. The van der Waals surface area contributed by atoms with Gasteiger partial charge in [-0.25, -0.2) is 0 Å². The quantitative estimate of drug-likeness (QED) is 0.834. The molecule has 2 aromatic rings. The molecule has 0 N–H and O–H groups in total. The van der Waals surface area contributed by atoms with Crippen molar-refractivity contribution in [2.45, 2.75) is 50.2 Å². The molecule has 3 aliphatic rings. The second-order valence-electron chi connectivity index (χ2n) is 7.85. The fourth-order valence-electron chi connectivity index (χ4n) is 5.05. The second kappa shape index (κ2) is 6.48. The van der Waals surface area contributed by atoms with Crippen LogP contribution < -0.4 is 4.90 Å². The van der Waals surface area contributed by atoms with Gasteiger partial charge in [0.25, 0.3) is 0 Å². The van der Waals surface area contributed by atoms with Crippen LogP contribution in [0, 0.1) is 5.92 Å². The molecule has 1 aromatic heterocycles. The standard InChI is InChI=1S/C20H23N5O2/c26-19-10-14(13-23(19)15-4-2-1-3-5-15)20(27)24-16-6-7-17(24)12-18(11-16)25-21-8-9-22-25/h1-5,8-9,14,16-18H,6-7,10-13H2. The molecular weight excluding hydrogens is 342 g/mol. The highest BCUT2D eigenvalue weighted by Gasteiger charge is 2.47. The third kappa shape index (κ3) is 2.81. The van der Waals surface area contributed by atoms with Crippen molar-refractivity contribution >= 4 is 17.5 Å². The average molecular weight is 365 g/mol. The van der Waals surface area contributed by atoms with E-state index >= 15 is 0 Å². The van der Waals surface area contributed by atoms with Crippen molar-refractivity contribution in [1.29, 1.82) is 0 Å². The number of para-hydroxylation sites is 1. The van der Waals surface area contributed by atoms with Gasteiger partial charge in [-0.2, -0.15) is 15.0 Å². The molecule has 3 fully saturated rings. The zero-order valence-corrected chi connectivity index (χ0v) is 15.1. The fraction of sp³-hybridized carbons (Fsp3) is 0.500. The normalized spacial score (nSPS) is 30.1. The van der Waals surface area contributed by atoms with E-state index in [-0.39, 0.29) is 35.9 Å². The Morgan fingerprint density at radius 2 is 1.63 bits per heavy atom. The second-order valence-corrected chi connectivity index (χ2v) is 7.85. The van der Waals surface area contributed by atoms with Gasteiger partial charge in [-0.15, -0.1) is 0 Å². The van der Waals surface area contributed by atoms with Crippen LogP contribution in [0.4, 0.5) is 5.69 Å². The Balaban J connectivity index is 1.30. The number of nitrogens with zero attached hydrogens (tertiary/aromatic N) is 5. The van der Waals surface area contributed by atoms with Crippen LogP contribution in [-0.2, 0) is 9.59 Å². The number of rotatable bonds is 3. The summed E-state index contributed by atoms with van der Waals surface area (Å²) in [6.45, 7) is 0.488. The summed E-state index contributed by atoms with van der Waals surface area (Å²) in [5.74, 6) is -0.0381. The van der Waals surface area contributed by atoms with Crippen LogP contribution in [0.1, 0.15) is 38.1 Å². The molecule has 4 heterocycles. The van der Waals surface area contributed by atoms with E-state index in [2.05, 4.69) is 15.1 Å². The molecule has 7 heteroatoms. The van der Waals surface area contributed by atoms with Gasteiger partial charge >= 0.3 is 0 Å². The highest BCUT2D eigenvalue weighted by Crippen LogP contribution is 2.42. The number of piperidine rings is 1. The van der Waals surface area contributed by atoms with E-state index in [1.807, 2.05) is 30.3 Å². The average Bonchev–Trinajstić information content (AvgIpc) is 3.41. The lowest BCUT2D eigenvalue weighted by atomic mass is 9.95. The monoisotopic (exact) mass is 365 g/mol. The van der Waals surface area contributed by atoms with E-state index in [9.17, 15) is 9.59 Å². The lowest BCUT2D eigenvalue weighted by Crippen LogP contribution is -2.49. The van der Waals surface area contributed by atoms with Gasteiger partial charge in [0.15, 0.2) is 0 Å².